The smallest absolute Gasteiger partial charge is 0.274 e. The molecule has 2 N–H and O–H groups in total. The lowest BCUT2D eigenvalue weighted by Crippen LogP contribution is -2.14. The highest BCUT2D eigenvalue weighted by Gasteiger charge is 2.08. The number of benzene rings is 1. The number of hydrogen-bond donors (Lipinski definition) is 2. The fourth-order valence-electron chi connectivity index (χ4n) is 1.69. The zero-order chi connectivity index (χ0) is 14.4. The normalized spacial score (nSPS) is 9.60. The number of nitrogens with one attached hydrogen (secondary N) is 2. The lowest BCUT2D eigenvalue weighted by molar-refractivity contribution is 0.102. The molecule has 1 heterocycles. The van der Waals surface area contributed by atoms with Gasteiger partial charge in [-0.3, -0.25) is 9.78 Å². The van der Waals surface area contributed by atoms with Crippen LogP contribution >= 0.6 is 0 Å². The molecular weight excluding hydrogens is 252 g/mol. The van der Waals surface area contributed by atoms with Gasteiger partial charge in [0, 0.05) is 24.1 Å². The molecule has 1 amide bonds. The predicted molar refractivity (Wildman–Crippen MR) is 77.5 cm³/mol. The minimum absolute atomic E-state index is 0.283. The first-order valence-corrected chi connectivity index (χ1v) is 6.24. The third-order valence-electron chi connectivity index (χ3n) is 2.65. The quantitative estimate of drug-likeness (QED) is 0.891. The Morgan fingerprint density at radius 1 is 1.25 bits per heavy atom. The van der Waals surface area contributed by atoms with Gasteiger partial charge in [0.05, 0.1) is 11.6 Å². The standard InChI is InChI=1S/C15H14N4O/c1-2-17-13-7-8-18-14(9-13)15(20)19-12-5-3-11(10-16)4-6-12/h3-9H,2H2,1H3,(H,17,18)(H,19,20). The highest BCUT2D eigenvalue weighted by molar-refractivity contribution is 6.03. The maximum absolute atomic E-state index is 12.1. The van der Waals surface area contributed by atoms with Crippen molar-refractivity contribution in [3.05, 3.63) is 53.9 Å². The van der Waals surface area contributed by atoms with E-state index in [1.165, 1.54) is 0 Å². The number of hydrogen-bond acceptors (Lipinski definition) is 4. The molecule has 2 aromatic rings. The SMILES string of the molecule is CCNc1ccnc(C(=O)Nc2ccc(C#N)cc2)c1. The van der Waals surface area contributed by atoms with Crippen LogP contribution in [0.15, 0.2) is 42.6 Å². The maximum atomic E-state index is 12.1. The zero-order valence-corrected chi connectivity index (χ0v) is 11.1. The highest BCUT2D eigenvalue weighted by atomic mass is 16.1. The monoisotopic (exact) mass is 266 g/mol. The third-order valence-corrected chi connectivity index (χ3v) is 2.65. The van der Waals surface area contributed by atoms with Crippen LogP contribution in [0.3, 0.4) is 0 Å². The molecule has 2 rings (SSSR count). The van der Waals surface area contributed by atoms with E-state index in [2.05, 4.69) is 15.6 Å². The van der Waals surface area contributed by atoms with Crippen molar-refractivity contribution in [2.24, 2.45) is 0 Å². The van der Waals surface area contributed by atoms with E-state index in [0.717, 1.165) is 12.2 Å². The van der Waals surface area contributed by atoms with Crippen LogP contribution in [0.5, 0.6) is 0 Å². The summed E-state index contributed by atoms with van der Waals surface area (Å²) in [4.78, 5) is 16.1. The van der Waals surface area contributed by atoms with E-state index >= 15 is 0 Å². The van der Waals surface area contributed by atoms with Gasteiger partial charge in [-0.2, -0.15) is 5.26 Å². The number of aromatic nitrogens is 1. The van der Waals surface area contributed by atoms with E-state index in [1.54, 1.807) is 36.5 Å². The van der Waals surface area contributed by atoms with Crippen LogP contribution in [0.1, 0.15) is 23.0 Å². The summed E-state index contributed by atoms with van der Waals surface area (Å²) in [5.41, 5.74) is 2.38. The van der Waals surface area contributed by atoms with E-state index in [9.17, 15) is 4.79 Å². The van der Waals surface area contributed by atoms with Crippen LogP contribution in [0.4, 0.5) is 11.4 Å². The van der Waals surface area contributed by atoms with Crippen molar-refractivity contribution in [3.8, 4) is 6.07 Å². The van der Waals surface area contributed by atoms with Crippen molar-refractivity contribution in [1.82, 2.24) is 4.98 Å². The molecule has 5 heteroatoms. The second-order valence-electron chi connectivity index (χ2n) is 4.10. The third kappa shape index (κ3) is 3.33. The molecule has 0 bridgehead atoms. The first kappa shape index (κ1) is 13.6. The van der Waals surface area contributed by atoms with E-state index < -0.39 is 0 Å². The molecule has 0 radical (unpaired) electrons. The number of carbonyl (C=O) groups excluding carboxylic acids is 1. The van der Waals surface area contributed by atoms with Crippen LogP contribution in [0.25, 0.3) is 0 Å². The highest BCUT2D eigenvalue weighted by Crippen LogP contribution is 2.12. The van der Waals surface area contributed by atoms with Gasteiger partial charge < -0.3 is 10.6 Å². The first-order valence-electron chi connectivity index (χ1n) is 6.24. The van der Waals surface area contributed by atoms with Gasteiger partial charge in [0.1, 0.15) is 5.69 Å². The zero-order valence-electron chi connectivity index (χ0n) is 11.1. The van der Waals surface area contributed by atoms with Gasteiger partial charge in [-0.15, -0.1) is 0 Å². The molecule has 0 spiro atoms. The molecule has 0 aliphatic carbocycles. The van der Waals surface area contributed by atoms with Gasteiger partial charge >= 0.3 is 0 Å². The van der Waals surface area contributed by atoms with Crippen LogP contribution in [-0.4, -0.2) is 17.4 Å². The molecule has 0 unspecified atom stereocenters. The largest absolute Gasteiger partial charge is 0.385 e. The lowest BCUT2D eigenvalue weighted by atomic mass is 10.2. The second-order valence-corrected chi connectivity index (χ2v) is 4.10. The Balaban J connectivity index is 2.11. The van der Waals surface area contributed by atoms with Crippen LogP contribution in [0, 0.1) is 11.3 Å². The maximum Gasteiger partial charge on any atom is 0.274 e. The minimum Gasteiger partial charge on any atom is -0.385 e. The lowest BCUT2D eigenvalue weighted by Gasteiger charge is -2.07. The van der Waals surface area contributed by atoms with Crippen molar-refractivity contribution in [2.45, 2.75) is 6.92 Å². The van der Waals surface area contributed by atoms with Gasteiger partial charge in [0.25, 0.3) is 5.91 Å². The van der Waals surface area contributed by atoms with Crippen molar-refractivity contribution in [3.63, 3.8) is 0 Å². The number of amides is 1. The van der Waals surface area contributed by atoms with Gasteiger partial charge in [-0.05, 0) is 43.3 Å². The Labute approximate surface area is 117 Å². The van der Waals surface area contributed by atoms with Gasteiger partial charge in [-0.1, -0.05) is 0 Å². The number of carbonyl (C=O) groups is 1. The molecule has 0 saturated carbocycles. The molecule has 20 heavy (non-hydrogen) atoms. The number of rotatable bonds is 4. The second kappa shape index (κ2) is 6.34. The fraction of sp³-hybridized carbons (Fsp3) is 0.133. The first-order chi connectivity index (χ1) is 9.72. The molecule has 0 aliphatic rings. The Hall–Kier alpha value is -2.87. The number of pyridine rings is 1. The molecule has 1 aromatic heterocycles. The summed E-state index contributed by atoms with van der Waals surface area (Å²) in [6.07, 6.45) is 1.59. The van der Waals surface area contributed by atoms with Crippen molar-refractivity contribution < 1.29 is 4.79 Å². The average molecular weight is 266 g/mol. The summed E-state index contributed by atoms with van der Waals surface area (Å²) in [6.45, 7) is 2.76. The van der Waals surface area contributed by atoms with E-state index in [1.807, 2.05) is 19.1 Å². The van der Waals surface area contributed by atoms with E-state index in [0.29, 0.717) is 16.9 Å². The summed E-state index contributed by atoms with van der Waals surface area (Å²) in [5, 5.41) is 14.6. The minimum atomic E-state index is -0.283. The van der Waals surface area contributed by atoms with Gasteiger partial charge in [0.15, 0.2) is 0 Å². The predicted octanol–water partition coefficient (Wildman–Crippen LogP) is 2.64. The van der Waals surface area contributed by atoms with E-state index in [4.69, 9.17) is 5.26 Å². The summed E-state index contributed by atoms with van der Waals surface area (Å²) in [7, 11) is 0. The van der Waals surface area contributed by atoms with Gasteiger partial charge in [-0.25, -0.2) is 0 Å². The van der Waals surface area contributed by atoms with E-state index in [-0.39, 0.29) is 5.91 Å². The Morgan fingerprint density at radius 3 is 2.65 bits per heavy atom. The van der Waals surface area contributed by atoms with Crippen LogP contribution in [0.2, 0.25) is 0 Å². The molecule has 0 saturated heterocycles. The Kier molecular flexibility index (Phi) is 4.30. The molecule has 100 valence electrons. The fourth-order valence-corrected chi connectivity index (χ4v) is 1.69. The number of nitriles is 1. The molecule has 1 aromatic carbocycles. The molecule has 0 atom stereocenters. The summed E-state index contributed by atoms with van der Waals surface area (Å²) < 4.78 is 0. The molecule has 0 fully saturated rings. The number of nitrogens with zero attached hydrogens (tertiary/aromatic N) is 2. The van der Waals surface area contributed by atoms with Crippen molar-refractivity contribution >= 4 is 17.3 Å². The summed E-state index contributed by atoms with van der Waals surface area (Å²) in [6, 6.07) is 12.2. The number of anilines is 2. The Bertz CT molecular complexity index is 644. The molecule has 5 nitrogen and oxygen atoms in total. The van der Waals surface area contributed by atoms with Gasteiger partial charge in [0.2, 0.25) is 0 Å². The van der Waals surface area contributed by atoms with Crippen molar-refractivity contribution in [1.29, 1.82) is 5.26 Å². The Morgan fingerprint density at radius 2 is 2.00 bits per heavy atom. The molecule has 0 aliphatic heterocycles. The van der Waals surface area contributed by atoms with Crippen LogP contribution in [-0.2, 0) is 0 Å². The summed E-state index contributed by atoms with van der Waals surface area (Å²) in [5.74, 6) is -0.283. The van der Waals surface area contributed by atoms with Crippen LogP contribution < -0.4 is 10.6 Å². The average Bonchev–Trinajstić information content (AvgIpc) is 2.48. The summed E-state index contributed by atoms with van der Waals surface area (Å²) >= 11 is 0. The van der Waals surface area contributed by atoms with Crippen molar-refractivity contribution in [2.75, 3.05) is 17.2 Å². The molecular formula is C15H14N4O. The topological polar surface area (TPSA) is 77.8 Å².